The van der Waals surface area contributed by atoms with Crippen LogP contribution in [0, 0.1) is 0 Å². The molecule has 1 aliphatic heterocycles. The molecular weight excluding hydrogens is 462 g/mol. The Balaban J connectivity index is 1.64. The number of fused-ring (bicyclic) bond motifs is 2. The first kappa shape index (κ1) is 26.6. The maximum atomic E-state index is 12.3. The van der Waals surface area contributed by atoms with E-state index in [-0.39, 0.29) is 5.92 Å². The van der Waals surface area contributed by atoms with Gasteiger partial charge in [0.25, 0.3) is 0 Å². The van der Waals surface area contributed by atoms with Gasteiger partial charge in [-0.15, -0.1) is 0 Å². The summed E-state index contributed by atoms with van der Waals surface area (Å²) in [4.78, 5) is 12.3. The maximum Gasteiger partial charge on any atom is 0.249 e. The predicted octanol–water partition coefficient (Wildman–Crippen LogP) is 7.99. The van der Waals surface area contributed by atoms with Crippen LogP contribution in [0.3, 0.4) is 0 Å². The third-order valence-corrected chi connectivity index (χ3v) is 6.88. The standard InChI is InChI=1S/C32H39NO4/c1-3-5-7-11-19-35-23-15-17-27-29(21-23)37-30-22-24(36-20-12-8-6-4-2)16-18-28(30)31(27)25-13-9-10-14-26(25)32(33)34/h9-10,13-18,21-22,31H,3-8,11-12,19-20H2,1-2H3,(H2,33,34). The average Bonchev–Trinajstić information content (AvgIpc) is 2.91. The first-order valence-electron chi connectivity index (χ1n) is 13.7. The molecule has 0 saturated heterocycles. The topological polar surface area (TPSA) is 70.8 Å². The Hall–Kier alpha value is -3.47. The number of benzene rings is 3. The van der Waals surface area contributed by atoms with Gasteiger partial charge in [-0.1, -0.05) is 82.7 Å². The van der Waals surface area contributed by atoms with E-state index in [4.69, 9.17) is 19.9 Å². The summed E-state index contributed by atoms with van der Waals surface area (Å²) in [5.74, 6) is 2.38. The van der Waals surface area contributed by atoms with Crippen molar-refractivity contribution in [2.24, 2.45) is 5.73 Å². The number of nitrogens with two attached hydrogens (primary N) is 1. The number of hydrogen-bond donors (Lipinski definition) is 1. The lowest BCUT2D eigenvalue weighted by Gasteiger charge is -2.30. The summed E-state index contributed by atoms with van der Waals surface area (Å²) in [6, 6.07) is 19.5. The van der Waals surface area contributed by atoms with Crippen molar-refractivity contribution >= 4 is 5.91 Å². The molecule has 0 aromatic heterocycles. The summed E-state index contributed by atoms with van der Waals surface area (Å²) in [5, 5.41) is 0. The van der Waals surface area contributed by atoms with Crippen molar-refractivity contribution in [3.63, 3.8) is 0 Å². The van der Waals surface area contributed by atoms with E-state index in [1.54, 1.807) is 6.07 Å². The van der Waals surface area contributed by atoms with Crippen LogP contribution in [0.15, 0.2) is 60.7 Å². The highest BCUT2D eigenvalue weighted by atomic mass is 16.5. The minimum absolute atomic E-state index is 0.195. The molecule has 3 aromatic carbocycles. The lowest BCUT2D eigenvalue weighted by atomic mass is 9.80. The van der Waals surface area contributed by atoms with Crippen molar-refractivity contribution in [3.8, 4) is 23.0 Å². The van der Waals surface area contributed by atoms with Crippen LogP contribution in [0.5, 0.6) is 23.0 Å². The Morgan fingerprint density at radius 1 is 0.730 bits per heavy atom. The van der Waals surface area contributed by atoms with Crippen LogP contribution in [0.4, 0.5) is 0 Å². The normalized spacial score (nSPS) is 12.4. The molecule has 1 aliphatic rings. The summed E-state index contributed by atoms with van der Waals surface area (Å²) >= 11 is 0. The van der Waals surface area contributed by atoms with Gasteiger partial charge in [0.15, 0.2) is 0 Å². The highest BCUT2D eigenvalue weighted by Crippen LogP contribution is 2.49. The zero-order valence-electron chi connectivity index (χ0n) is 22.1. The molecule has 3 aromatic rings. The largest absolute Gasteiger partial charge is 0.493 e. The van der Waals surface area contributed by atoms with Crippen molar-refractivity contribution in [1.82, 2.24) is 0 Å². The Bertz CT molecular complexity index is 1130. The van der Waals surface area contributed by atoms with Crippen LogP contribution in [0.2, 0.25) is 0 Å². The first-order valence-corrected chi connectivity index (χ1v) is 13.7. The SMILES string of the molecule is CCCCCCOc1ccc2c(c1)Oc1cc(OCCCCCC)ccc1C2c1ccccc1C(N)=O. The number of carbonyl (C=O) groups is 1. The predicted molar refractivity (Wildman–Crippen MR) is 148 cm³/mol. The maximum absolute atomic E-state index is 12.3. The molecule has 0 unspecified atom stereocenters. The van der Waals surface area contributed by atoms with Crippen LogP contribution in [-0.4, -0.2) is 19.1 Å². The van der Waals surface area contributed by atoms with Crippen LogP contribution >= 0.6 is 0 Å². The summed E-state index contributed by atoms with van der Waals surface area (Å²) in [5.41, 5.74) is 9.11. The fourth-order valence-electron chi connectivity index (χ4n) is 4.89. The van der Waals surface area contributed by atoms with Crippen molar-refractivity contribution in [1.29, 1.82) is 0 Å². The van der Waals surface area contributed by atoms with Crippen LogP contribution in [0.25, 0.3) is 0 Å². The van der Waals surface area contributed by atoms with Crippen molar-refractivity contribution in [2.75, 3.05) is 13.2 Å². The van der Waals surface area contributed by atoms with E-state index >= 15 is 0 Å². The Morgan fingerprint density at radius 2 is 1.27 bits per heavy atom. The average molecular weight is 502 g/mol. The molecule has 0 fully saturated rings. The van der Waals surface area contributed by atoms with Crippen molar-refractivity contribution in [3.05, 3.63) is 82.9 Å². The molecule has 4 rings (SSSR count). The molecule has 0 bridgehead atoms. The molecular formula is C32H39NO4. The monoisotopic (exact) mass is 501 g/mol. The van der Waals surface area contributed by atoms with Crippen LogP contribution < -0.4 is 19.9 Å². The molecule has 1 heterocycles. The second kappa shape index (κ2) is 13.2. The number of ether oxygens (including phenoxy) is 3. The highest BCUT2D eigenvalue weighted by molar-refractivity contribution is 5.95. The van der Waals surface area contributed by atoms with Crippen LogP contribution in [0.1, 0.15) is 98.2 Å². The lowest BCUT2D eigenvalue weighted by Crippen LogP contribution is -2.19. The number of amides is 1. The lowest BCUT2D eigenvalue weighted by molar-refractivity contribution is 0.0999. The third kappa shape index (κ3) is 6.65. The fourth-order valence-corrected chi connectivity index (χ4v) is 4.89. The van der Waals surface area contributed by atoms with Gasteiger partial charge in [-0.25, -0.2) is 0 Å². The highest BCUT2D eigenvalue weighted by Gasteiger charge is 2.31. The molecule has 2 N–H and O–H groups in total. The van der Waals surface area contributed by atoms with E-state index in [9.17, 15) is 4.79 Å². The number of carbonyl (C=O) groups excluding carboxylic acids is 1. The van der Waals surface area contributed by atoms with Crippen LogP contribution in [-0.2, 0) is 0 Å². The second-order valence-electron chi connectivity index (χ2n) is 9.70. The molecule has 37 heavy (non-hydrogen) atoms. The van der Waals surface area contributed by atoms with Gasteiger partial charge < -0.3 is 19.9 Å². The van der Waals surface area contributed by atoms with Crippen molar-refractivity contribution < 1.29 is 19.0 Å². The Labute approximate surface area is 220 Å². The van der Waals surface area contributed by atoms with Gasteiger partial charge in [0, 0.05) is 34.7 Å². The number of rotatable bonds is 14. The zero-order chi connectivity index (χ0) is 26.0. The van der Waals surface area contributed by atoms with E-state index in [2.05, 4.69) is 13.8 Å². The van der Waals surface area contributed by atoms with Gasteiger partial charge in [-0.05, 0) is 36.6 Å². The molecule has 1 amide bonds. The van der Waals surface area contributed by atoms with Gasteiger partial charge in [0.1, 0.15) is 23.0 Å². The van der Waals surface area contributed by atoms with Gasteiger partial charge in [-0.2, -0.15) is 0 Å². The van der Waals surface area contributed by atoms with Gasteiger partial charge in [0.05, 0.1) is 13.2 Å². The van der Waals surface area contributed by atoms with E-state index in [0.29, 0.717) is 18.8 Å². The summed E-state index contributed by atoms with van der Waals surface area (Å²) in [7, 11) is 0. The van der Waals surface area contributed by atoms with Gasteiger partial charge in [-0.3, -0.25) is 4.79 Å². The Morgan fingerprint density at radius 3 is 1.78 bits per heavy atom. The minimum Gasteiger partial charge on any atom is -0.493 e. The van der Waals surface area contributed by atoms with E-state index in [1.165, 1.54) is 38.5 Å². The van der Waals surface area contributed by atoms with E-state index < -0.39 is 5.91 Å². The number of unbranched alkanes of at least 4 members (excludes halogenated alkanes) is 6. The first-order chi connectivity index (χ1) is 18.1. The van der Waals surface area contributed by atoms with Gasteiger partial charge >= 0.3 is 0 Å². The second-order valence-corrected chi connectivity index (χ2v) is 9.70. The zero-order valence-corrected chi connectivity index (χ0v) is 22.1. The molecule has 0 saturated carbocycles. The number of hydrogen-bond acceptors (Lipinski definition) is 4. The summed E-state index contributed by atoms with van der Waals surface area (Å²) < 4.78 is 18.5. The molecule has 0 radical (unpaired) electrons. The summed E-state index contributed by atoms with van der Waals surface area (Å²) in [6.07, 6.45) is 9.23. The fraction of sp³-hybridized carbons (Fsp3) is 0.406. The molecule has 196 valence electrons. The molecule has 0 aliphatic carbocycles. The van der Waals surface area contributed by atoms with Gasteiger partial charge in [0.2, 0.25) is 5.91 Å². The quantitative estimate of drug-likeness (QED) is 0.178. The van der Waals surface area contributed by atoms with E-state index in [0.717, 1.165) is 52.5 Å². The molecule has 0 atom stereocenters. The summed E-state index contributed by atoms with van der Waals surface area (Å²) in [6.45, 7) is 5.77. The van der Waals surface area contributed by atoms with E-state index in [1.807, 2.05) is 54.6 Å². The molecule has 0 spiro atoms. The molecule has 5 nitrogen and oxygen atoms in total. The number of primary amides is 1. The Kier molecular flexibility index (Phi) is 9.47. The minimum atomic E-state index is -0.441. The smallest absolute Gasteiger partial charge is 0.249 e. The third-order valence-electron chi connectivity index (χ3n) is 6.88. The molecule has 5 heteroatoms. The van der Waals surface area contributed by atoms with Crippen molar-refractivity contribution in [2.45, 2.75) is 71.1 Å².